The summed E-state index contributed by atoms with van der Waals surface area (Å²) in [5.41, 5.74) is 4.36. The van der Waals surface area contributed by atoms with Crippen molar-refractivity contribution < 1.29 is 13.2 Å². The number of nitrogens with zero attached hydrogens (tertiary/aromatic N) is 1. The van der Waals surface area contributed by atoms with Gasteiger partial charge in [0.05, 0.1) is 33.2 Å². The summed E-state index contributed by atoms with van der Waals surface area (Å²) in [6.07, 6.45) is -3.39. The standard InChI is InChI=1S/C12H7Cl2F3N2/c13-9-2-1-6(3-10(9)14)11-8(12(15,16)17)4-7(18)5-19-11/h1-5H,18H2. The molecule has 0 saturated heterocycles. The molecule has 1 aromatic heterocycles. The van der Waals surface area contributed by atoms with E-state index in [1.807, 2.05) is 0 Å². The molecule has 2 nitrogen and oxygen atoms in total. The van der Waals surface area contributed by atoms with Crippen molar-refractivity contribution >= 4 is 28.9 Å². The average molecular weight is 307 g/mol. The zero-order chi connectivity index (χ0) is 14.2. The Bertz CT molecular complexity index is 627. The molecular weight excluding hydrogens is 300 g/mol. The molecule has 2 aromatic rings. The summed E-state index contributed by atoms with van der Waals surface area (Å²) in [7, 11) is 0. The van der Waals surface area contributed by atoms with Gasteiger partial charge in [-0.3, -0.25) is 4.98 Å². The molecule has 100 valence electrons. The Labute approximate surface area is 117 Å². The zero-order valence-electron chi connectivity index (χ0n) is 9.30. The summed E-state index contributed by atoms with van der Waals surface area (Å²) in [5.74, 6) is 0. The number of nitrogens with two attached hydrogens (primary N) is 1. The van der Waals surface area contributed by atoms with Gasteiger partial charge >= 0.3 is 6.18 Å². The fraction of sp³-hybridized carbons (Fsp3) is 0.0833. The predicted molar refractivity (Wildman–Crippen MR) is 69.1 cm³/mol. The molecule has 2 N–H and O–H groups in total. The molecule has 0 bridgehead atoms. The Kier molecular flexibility index (Phi) is 3.60. The number of halogens is 5. The van der Waals surface area contributed by atoms with Gasteiger partial charge in [0.25, 0.3) is 0 Å². The maximum Gasteiger partial charge on any atom is 0.418 e. The highest BCUT2D eigenvalue weighted by Gasteiger charge is 2.34. The van der Waals surface area contributed by atoms with Crippen LogP contribution in [0.1, 0.15) is 5.56 Å². The van der Waals surface area contributed by atoms with Crippen molar-refractivity contribution in [2.24, 2.45) is 0 Å². The molecule has 0 atom stereocenters. The number of anilines is 1. The molecule has 0 aliphatic rings. The largest absolute Gasteiger partial charge is 0.418 e. The predicted octanol–water partition coefficient (Wildman–Crippen LogP) is 4.66. The molecule has 1 heterocycles. The monoisotopic (exact) mass is 306 g/mol. The lowest BCUT2D eigenvalue weighted by Gasteiger charge is -2.13. The molecule has 0 amide bonds. The van der Waals surface area contributed by atoms with E-state index in [1.54, 1.807) is 0 Å². The smallest absolute Gasteiger partial charge is 0.397 e. The van der Waals surface area contributed by atoms with Crippen LogP contribution in [-0.4, -0.2) is 4.98 Å². The third kappa shape index (κ3) is 2.93. The first-order valence-electron chi connectivity index (χ1n) is 5.07. The molecule has 0 unspecified atom stereocenters. The van der Waals surface area contributed by atoms with Gasteiger partial charge in [0.1, 0.15) is 0 Å². The summed E-state index contributed by atoms with van der Waals surface area (Å²) in [6.45, 7) is 0. The van der Waals surface area contributed by atoms with Crippen LogP contribution in [0.5, 0.6) is 0 Å². The van der Waals surface area contributed by atoms with E-state index in [-0.39, 0.29) is 27.0 Å². The number of nitrogen functional groups attached to an aromatic ring is 1. The van der Waals surface area contributed by atoms with E-state index in [9.17, 15) is 13.2 Å². The molecule has 2 rings (SSSR count). The van der Waals surface area contributed by atoms with E-state index < -0.39 is 11.7 Å². The van der Waals surface area contributed by atoms with Crippen LogP contribution in [-0.2, 0) is 6.18 Å². The normalized spacial score (nSPS) is 11.6. The SMILES string of the molecule is Nc1cnc(-c2ccc(Cl)c(Cl)c2)c(C(F)(F)F)c1. The molecule has 0 spiro atoms. The quantitative estimate of drug-likeness (QED) is 0.832. The van der Waals surface area contributed by atoms with Crippen molar-refractivity contribution in [3.63, 3.8) is 0 Å². The lowest BCUT2D eigenvalue weighted by Crippen LogP contribution is -2.09. The van der Waals surface area contributed by atoms with Crippen molar-refractivity contribution in [2.45, 2.75) is 6.18 Å². The van der Waals surface area contributed by atoms with Crippen LogP contribution < -0.4 is 5.73 Å². The maximum absolute atomic E-state index is 12.9. The zero-order valence-corrected chi connectivity index (χ0v) is 10.8. The van der Waals surface area contributed by atoms with E-state index >= 15 is 0 Å². The van der Waals surface area contributed by atoms with Gasteiger partial charge < -0.3 is 5.73 Å². The second kappa shape index (κ2) is 4.90. The molecule has 0 fully saturated rings. The van der Waals surface area contributed by atoms with Gasteiger partial charge in [0.15, 0.2) is 0 Å². The number of pyridine rings is 1. The van der Waals surface area contributed by atoms with Gasteiger partial charge in [0, 0.05) is 5.56 Å². The first kappa shape index (κ1) is 14.0. The number of hydrogen-bond acceptors (Lipinski definition) is 2. The second-order valence-electron chi connectivity index (χ2n) is 3.79. The third-order valence-electron chi connectivity index (χ3n) is 2.41. The topological polar surface area (TPSA) is 38.9 Å². The Hall–Kier alpha value is -1.46. The Morgan fingerprint density at radius 2 is 1.74 bits per heavy atom. The van der Waals surface area contributed by atoms with Gasteiger partial charge in [-0.1, -0.05) is 29.3 Å². The third-order valence-corrected chi connectivity index (χ3v) is 3.15. The summed E-state index contributed by atoms with van der Waals surface area (Å²) in [5, 5.41) is 0.417. The average Bonchev–Trinajstić information content (AvgIpc) is 2.32. The van der Waals surface area contributed by atoms with Crippen LogP contribution in [0, 0.1) is 0 Å². The molecule has 7 heteroatoms. The van der Waals surface area contributed by atoms with Gasteiger partial charge in [0.2, 0.25) is 0 Å². The van der Waals surface area contributed by atoms with Crippen LogP contribution in [0.15, 0.2) is 30.5 Å². The summed E-state index contributed by atoms with van der Waals surface area (Å²) in [6, 6.07) is 5.00. The summed E-state index contributed by atoms with van der Waals surface area (Å²) >= 11 is 11.5. The van der Waals surface area contributed by atoms with Crippen molar-refractivity contribution in [3.05, 3.63) is 46.1 Å². The minimum absolute atomic E-state index is 0.0591. The molecule has 19 heavy (non-hydrogen) atoms. The number of benzene rings is 1. The molecule has 0 saturated carbocycles. The number of alkyl halides is 3. The van der Waals surface area contributed by atoms with E-state index in [0.717, 1.165) is 12.3 Å². The van der Waals surface area contributed by atoms with Crippen LogP contribution in [0.4, 0.5) is 18.9 Å². The fourth-order valence-electron chi connectivity index (χ4n) is 1.57. The molecule has 1 aromatic carbocycles. The lowest BCUT2D eigenvalue weighted by atomic mass is 10.1. The van der Waals surface area contributed by atoms with E-state index in [1.165, 1.54) is 18.2 Å². The van der Waals surface area contributed by atoms with Crippen molar-refractivity contribution in [3.8, 4) is 11.3 Å². The van der Waals surface area contributed by atoms with E-state index in [0.29, 0.717) is 0 Å². The summed E-state index contributed by atoms with van der Waals surface area (Å²) in [4.78, 5) is 3.74. The number of rotatable bonds is 1. The van der Waals surface area contributed by atoms with Crippen molar-refractivity contribution in [1.29, 1.82) is 0 Å². The van der Waals surface area contributed by atoms with Gasteiger partial charge in [-0.2, -0.15) is 13.2 Å². The highest BCUT2D eigenvalue weighted by atomic mass is 35.5. The minimum Gasteiger partial charge on any atom is -0.397 e. The number of aromatic nitrogens is 1. The highest BCUT2D eigenvalue weighted by molar-refractivity contribution is 6.42. The van der Waals surface area contributed by atoms with Crippen molar-refractivity contribution in [1.82, 2.24) is 4.98 Å². The Morgan fingerprint density at radius 1 is 1.05 bits per heavy atom. The minimum atomic E-state index is -4.55. The van der Waals surface area contributed by atoms with Gasteiger partial charge in [-0.25, -0.2) is 0 Å². The van der Waals surface area contributed by atoms with Crippen LogP contribution in [0.25, 0.3) is 11.3 Å². The van der Waals surface area contributed by atoms with Gasteiger partial charge in [-0.15, -0.1) is 0 Å². The first-order valence-corrected chi connectivity index (χ1v) is 5.83. The second-order valence-corrected chi connectivity index (χ2v) is 4.61. The van der Waals surface area contributed by atoms with Gasteiger partial charge in [-0.05, 0) is 18.2 Å². The Balaban J connectivity index is 2.65. The molecule has 0 aliphatic heterocycles. The maximum atomic E-state index is 12.9. The van der Waals surface area contributed by atoms with E-state index in [4.69, 9.17) is 28.9 Å². The van der Waals surface area contributed by atoms with Crippen LogP contribution in [0.3, 0.4) is 0 Å². The first-order chi connectivity index (χ1) is 8.79. The molecular formula is C12H7Cl2F3N2. The lowest BCUT2D eigenvalue weighted by molar-refractivity contribution is -0.137. The van der Waals surface area contributed by atoms with Crippen LogP contribution in [0.2, 0.25) is 10.0 Å². The van der Waals surface area contributed by atoms with Crippen molar-refractivity contribution in [2.75, 3.05) is 5.73 Å². The molecule has 0 aliphatic carbocycles. The Morgan fingerprint density at radius 3 is 2.32 bits per heavy atom. The summed E-state index contributed by atoms with van der Waals surface area (Å²) < 4.78 is 38.8. The fourth-order valence-corrected chi connectivity index (χ4v) is 1.87. The van der Waals surface area contributed by atoms with E-state index in [2.05, 4.69) is 4.98 Å². The molecule has 0 radical (unpaired) electrons. The number of hydrogen-bond donors (Lipinski definition) is 1. The van der Waals surface area contributed by atoms with Crippen LogP contribution >= 0.6 is 23.2 Å². The highest BCUT2D eigenvalue weighted by Crippen LogP contribution is 2.38.